The van der Waals surface area contributed by atoms with Gasteiger partial charge in [0.1, 0.15) is 11.6 Å². The minimum Gasteiger partial charge on any atom is -0.384 e. The third-order valence-corrected chi connectivity index (χ3v) is 2.88. The Balaban J connectivity index is 2.67. The molecule has 0 heterocycles. The lowest BCUT2D eigenvalue weighted by Crippen LogP contribution is -2.18. The number of carbonyl (C=O) groups excluding carboxylic acids is 1. The molecule has 0 spiro atoms. The Bertz CT molecular complexity index is 440. The molecule has 0 radical (unpaired) electrons. The van der Waals surface area contributed by atoms with E-state index in [1.54, 1.807) is 0 Å². The third-order valence-electron chi connectivity index (χ3n) is 2.27. The van der Waals surface area contributed by atoms with Crippen molar-refractivity contribution in [3.05, 3.63) is 28.2 Å². The second-order valence-electron chi connectivity index (χ2n) is 4.06. The highest BCUT2D eigenvalue weighted by Gasteiger charge is 2.13. The molecule has 0 fully saturated rings. The smallest absolute Gasteiger partial charge is 0.224 e. The van der Waals surface area contributed by atoms with Crippen LogP contribution in [0.3, 0.4) is 0 Å². The maximum atomic E-state index is 13.4. The van der Waals surface area contributed by atoms with Crippen molar-refractivity contribution in [1.82, 2.24) is 0 Å². The average Bonchev–Trinajstić information content (AvgIpc) is 2.26. The minimum absolute atomic E-state index is 0.0124. The van der Waals surface area contributed by atoms with Gasteiger partial charge in [-0.1, -0.05) is 6.92 Å². The molecule has 0 bridgehead atoms. The van der Waals surface area contributed by atoms with E-state index in [2.05, 4.69) is 21.2 Å². The van der Waals surface area contributed by atoms with Gasteiger partial charge in [-0.25, -0.2) is 8.78 Å². The number of rotatable bonds is 5. The van der Waals surface area contributed by atoms with Crippen LogP contribution in [0.4, 0.5) is 14.5 Å². The molecule has 1 rings (SSSR count). The Morgan fingerprint density at radius 3 is 2.72 bits per heavy atom. The maximum absolute atomic E-state index is 13.4. The topological polar surface area (TPSA) is 38.3 Å². The van der Waals surface area contributed by atoms with Gasteiger partial charge in [-0.05, 0) is 27.9 Å². The second-order valence-corrected chi connectivity index (χ2v) is 4.91. The summed E-state index contributed by atoms with van der Waals surface area (Å²) < 4.78 is 31.6. The van der Waals surface area contributed by atoms with Crippen LogP contribution in [-0.4, -0.2) is 19.6 Å². The Morgan fingerprint density at radius 2 is 2.11 bits per heavy atom. The number of amides is 1. The Kier molecular flexibility index (Phi) is 5.68. The van der Waals surface area contributed by atoms with E-state index in [-0.39, 0.29) is 28.4 Å². The van der Waals surface area contributed by atoms with Crippen LogP contribution in [-0.2, 0) is 9.53 Å². The van der Waals surface area contributed by atoms with Gasteiger partial charge in [0, 0.05) is 26.2 Å². The third kappa shape index (κ3) is 4.34. The van der Waals surface area contributed by atoms with Crippen LogP contribution >= 0.6 is 15.9 Å². The number of hydrogen-bond acceptors (Lipinski definition) is 2. The van der Waals surface area contributed by atoms with Crippen LogP contribution < -0.4 is 5.32 Å². The first kappa shape index (κ1) is 15.0. The number of carbonyl (C=O) groups is 1. The summed E-state index contributed by atoms with van der Waals surface area (Å²) in [5, 5.41) is 2.34. The van der Waals surface area contributed by atoms with Gasteiger partial charge >= 0.3 is 0 Å². The summed E-state index contributed by atoms with van der Waals surface area (Å²) in [5.74, 6) is -1.67. The van der Waals surface area contributed by atoms with E-state index in [4.69, 9.17) is 4.74 Å². The highest BCUT2D eigenvalue weighted by atomic mass is 79.9. The van der Waals surface area contributed by atoms with E-state index in [0.717, 1.165) is 12.1 Å². The molecule has 100 valence electrons. The van der Waals surface area contributed by atoms with Crippen molar-refractivity contribution < 1.29 is 18.3 Å². The highest BCUT2D eigenvalue weighted by Crippen LogP contribution is 2.23. The average molecular weight is 322 g/mol. The highest BCUT2D eigenvalue weighted by molar-refractivity contribution is 9.10. The summed E-state index contributed by atoms with van der Waals surface area (Å²) >= 11 is 2.86. The molecule has 0 aliphatic heterocycles. The van der Waals surface area contributed by atoms with Crippen molar-refractivity contribution in [3.8, 4) is 0 Å². The largest absolute Gasteiger partial charge is 0.384 e. The Hall–Kier alpha value is -1.01. The first-order valence-electron chi connectivity index (χ1n) is 5.37. The van der Waals surface area contributed by atoms with Crippen LogP contribution in [0.5, 0.6) is 0 Å². The van der Waals surface area contributed by atoms with Crippen LogP contribution in [0.1, 0.15) is 13.3 Å². The fourth-order valence-corrected chi connectivity index (χ4v) is 1.79. The predicted octanol–water partition coefficient (Wildman–Crippen LogP) is 3.34. The molecular formula is C12H14BrF2NO2. The lowest BCUT2D eigenvalue weighted by atomic mass is 10.1. The standard InChI is InChI=1S/C12H14BrF2NO2/c1-7(6-18-2)3-12(17)16-11-5-9(14)8(13)4-10(11)15/h4-5,7H,3,6H2,1-2H3,(H,16,17). The van der Waals surface area contributed by atoms with Gasteiger partial charge in [-0.2, -0.15) is 0 Å². The fourth-order valence-electron chi connectivity index (χ4n) is 1.48. The van der Waals surface area contributed by atoms with Crippen molar-refractivity contribution >= 4 is 27.5 Å². The van der Waals surface area contributed by atoms with Gasteiger partial charge in [-0.15, -0.1) is 0 Å². The molecule has 6 heteroatoms. The number of ether oxygens (including phenoxy) is 1. The van der Waals surface area contributed by atoms with Gasteiger partial charge < -0.3 is 10.1 Å². The number of methoxy groups -OCH3 is 1. The van der Waals surface area contributed by atoms with Crippen molar-refractivity contribution in [2.75, 3.05) is 19.0 Å². The van der Waals surface area contributed by atoms with Gasteiger partial charge in [0.25, 0.3) is 0 Å². The van der Waals surface area contributed by atoms with Crippen LogP contribution in [0.15, 0.2) is 16.6 Å². The predicted molar refractivity (Wildman–Crippen MR) is 68.3 cm³/mol. The summed E-state index contributed by atoms with van der Waals surface area (Å²) in [4.78, 5) is 11.6. The van der Waals surface area contributed by atoms with Gasteiger partial charge in [-0.3, -0.25) is 4.79 Å². The maximum Gasteiger partial charge on any atom is 0.224 e. The van der Waals surface area contributed by atoms with Crippen molar-refractivity contribution in [1.29, 1.82) is 0 Å². The van der Waals surface area contributed by atoms with Gasteiger partial charge in [0.05, 0.1) is 10.2 Å². The zero-order valence-electron chi connectivity index (χ0n) is 10.1. The Labute approximate surface area is 113 Å². The normalized spacial score (nSPS) is 12.3. The lowest BCUT2D eigenvalue weighted by molar-refractivity contribution is -0.117. The number of nitrogens with one attached hydrogen (secondary N) is 1. The molecule has 0 aromatic heterocycles. The SMILES string of the molecule is COCC(C)CC(=O)Nc1cc(F)c(Br)cc1F. The molecule has 1 aromatic rings. The first-order chi connectivity index (χ1) is 8.43. The fraction of sp³-hybridized carbons (Fsp3) is 0.417. The van der Waals surface area contributed by atoms with E-state index >= 15 is 0 Å². The molecule has 0 saturated carbocycles. The van der Waals surface area contributed by atoms with E-state index in [1.807, 2.05) is 6.92 Å². The zero-order valence-corrected chi connectivity index (χ0v) is 11.7. The number of hydrogen-bond donors (Lipinski definition) is 1. The lowest BCUT2D eigenvalue weighted by Gasteiger charge is -2.11. The van der Waals surface area contributed by atoms with Gasteiger partial charge in [0.2, 0.25) is 5.91 Å². The Morgan fingerprint density at radius 1 is 1.44 bits per heavy atom. The van der Waals surface area contributed by atoms with Crippen LogP contribution in [0.25, 0.3) is 0 Å². The molecule has 0 aliphatic rings. The quantitative estimate of drug-likeness (QED) is 0.845. The molecule has 0 aliphatic carbocycles. The zero-order chi connectivity index (χ0) is 13.7. The van der Waals surface area contributed by atoms with Gasteiger partial charge in [0.15, 0.2) is 0 Å². The minimum atomic E-state index is -0.684. The first-order valence-corrected chi connectivity index (χ1v) is 6.16. The second kappa shape index (κ2) is 6.80. The molecule has 0 saturated heterocycles. The van der Waals surface area contributed by atoms with E-state index in [0.29, 0.717) is 6.61 Å². The molecule has 1 amide bonds. The summed E-state index contributed by atoms with van der Waals surface area (Å²) in [5.41, 5.74) is -0.162. The summed E-state index contributed by atoms with van der Waals surface area (Å²) in [7, 11) is 1.54. The number of benzene rings is 1. The molecular weight excluding hydrogens is 308 g/mol. The van der Waals surface area contributed by atoms with E-state index in [9.17, 15) is 13.6 Å². The summed E-state index contributed by atoms with van der Waals surface area (Å²) in [6, 6.07) is 1.92. The molecule has 1 unspecified atom stereocenters. The van der Waals surface area contributed by atoms with E-state index < -0.39 is 11.6 Å². The summed E-state index contributed by atoms with van der Waals surface area (Å²) in [6.07, 6.45) is 0.185. The van der Waals surface area contributed by atoms with Crippen LogP contribution in [0.2, 0.25) is 0 Å². The molecule has 3 nitrogen and oxygen atoms in total. The molecule has 1 aromatic carbocycles. The van der Waals surface area contributed by atoms with E-state index in [1.165, 1.54) is 7.11 Å². The number of anilines is 1. The van der Waals surface area contributed by atoms with Crippen molar-refractivity contribution in [2.45, 2.75) is 13.3 Å². The molecule has 1 N–H and O–H groups in total. The number of halogens is 3. The van der Waals surface area contributed by atoms with Crippen molar-refractivity contribution in [3.63, 3.8) is 0 Å². The summed E-state index contributed by atoms with van der Waals surface area (Å²) in [6.45, 7) is 2.27. The van der Waals surface area contributed by atoms with Crippen LogP contribution in [0, 0.1) is 17.6 Å². The molecule has 18 heavy (non-hydrogen) atoms. The monoisotopic (exact) mass is 321 g/mol. The van der Waals surface area contributed by atoms with Crippen molar-refractivity contribution in [2.24, 2.45) is 5.92 Å². The molecule has 1 atom stereocenters.